The lowest BCUT2D eigenvalue weighted by molar-refractivity contribution is -0.138. The summed E-state index contributed by atoms with van der Waals surface area (Å²) in [5.74, 6) is -1.25. The van der Waals surface area contributed by atoms with Crippen molar-refractivity contribution in [2.45, 2.75) is 44.4 Å². The summed E-state index contributed by atoms with van der Waals surface area (Å²) in [4.78, 5) is 69.6. The Balaban J connectivity index is 0.709. The number of aromatic nitrogens is 3. The van der Waals surface area contributed by atoms with Crippen molar-refractivity contribution < 1.29 is 60.8 Å². The fourth-order valence-corrected chi connectivity index (χ4v) is 7.74. The van der Waals surface area contributed by atoms with Crippen LogP contribution in [0.4, 0.5) is 24.7 Å². The van der Waals surface area contributed by atoms with Crippen LogP contribution in [0.25, 0.3) is 11.1 Å². The van der Waals surface area contributed by atoms with E-state index in [9.17, 15) is 37.1 Å². The second-order valence-electron chi connectivity index (χ2n) is 15.5. The molecule has 66 heavy (non-hydrogen) atoms. The molecule has 2 aromatic heterocycles. The number of hydrogen-bond acceptors (Lipinski definition) is 13. The normalized spacial score (nSPS) is 15.8. The van der Waals surface area contributed by atoms with Gasteiger partial charge in [0.15, 0.2) is 11.6 Å². The number of halogens is 3. The van der Waals surface area contributed by atoms with Gasteiger partial charge < -0.3 is 34.3 Å². The number of anilines is 2. The largest absolute Gasteiger partial charge is 0.491 e. The van der Waals surface area contributed by atoms with Crippen molar-refractivity contribution in [3.8, 4) is 28.4 Å². The van der Waals surface area contributed by atoms with Gasteiger partial charge in [-0.1, -0.05) is 18.2 Å². The maximum atomic E-state index is 13.2. The predicted octanol–water partition coefficient (Wildman–Crippen LogP) is 5.00. The summed E-state index contributed by atoms with van der Waals surface area (Å²) in [6.45, 7) is 3.05. The summed E-state index contributed by atoms with van der Waals surface area (Å²) in [5.41, 5.74) is 9.00. The van der Waals surface area contributed by atoms with Gasteiger partial charge in [-0.15, -0.1) is 0 Å². The quantitative estimate of drug-likeness (QED) is 0.0828. The molecule has 3 N–H and O–H groups in total. The molecule has 344 valence electrons. The average Bonchev–Trinajstić information content (AvgIpc) is 4.01. The number of rotatable bonds is 19. The van der Waals surface area contributed by atoms with E-state index in [1.807, 2.05) is 12.3 Å². The highest BCUT2D eigenvalue weighted by molar-refractivity contribution is 6.23. The van der Waals surface area contributed by atoms with Crippen LogP contribution in [0.15, 0.2) is 85.3 Å². The summed E-state index contributed by atoms with van der Waals surface area (Å²) in [6, 6.07) is 15.3. The second kappa shape index (κ2) is 19.9. The molecule has 0 bridgehead atoms. The third-order valence-corrected chi connectivity index (χ3v) is 11.0. The third kappa shape index (κ3) is 10.5. The van der Waals surface area contributed by atoms with Crippen LogP contribution in [0.2, 0.25) is 0 Å². The number of carbonyl (C=O) groups is 5. The van der Waals surface area contributed by atoms with Gasteiger partial charge in [-0.2, -0.15) is 18.3 Å². The number of imide groups is 2. The molecule has 0 aliphatic carbocycles. The van der Waals surface area contributed by atoms with Gasteiger partial charge in [0.05, 0.1) is 75.5 Å². The van der Waals surface area contributed by atoms with Crippen LogP contribution in [0.3, 0.4) is 0 Å². The number of carbonyl (C=O) groups excluding carboxylic acids is 5. The molecule has 3 aliphatic heterocycles. The Kier molecular flexibility index (Phi) is 13.7. The number of nitrogens with zero attached hydrogens (tertiary/aromatic N) is 5. The van der Waals surface area contributed by atoms with Gasteiger partial charge in [0, 0.05) is 42.2 Å². The number of pyridine rings is 1. The molecular weight excluding hydrogens is 868 g/mol. The predicted molar refractivity (Wildman–Crippen MR) is 229 cm³/mol. The molecule has 0 radical (unpaired) electrons. The fraction of sp³-hybridized carbons (Fsp3) is 0.326. The Labute approximate surface area is 375 Å². The highest BCUT2D eigenvalue weighted by atomic mass is 19.4. The first-order chi connectivity index (χ1) is 31.8. The molecule has 5 aromatic rings. The number of amides is 5. The van der Waals surface area contributed by atoms with Crippen LogP contribution in [0, 0.1) is 0 Å². The Morgan fingerprint density at radius 1 is 0.803 bits per heavy atom. The molecular formula is C46H44F3N7O10. The SMILES string of the molecule is Nc1ncc(-c2cnn(CCOCCOCCOCCOc3ccc4c(c3)C(=O)N(C3CCC(=O)NC3=O)C4=O)c2)cc1Oc1ccc2c(c1)CCN2C(=O)Cc1cccc(C(F)(F)F)c1. The second-order valence-corrected chi connectivity index (χ2v) is 15.5. The summed E-state index contributed by atoms with van der Waals surface area (Å²) in [7, 11) is 0. The molecule has 0 saturated carbocycles. The average molecular weight is 912 g/mol. The minimum Gasteiger partial charge on any atom is -0.491 e. The van der Waals surface area contributed by atoms with E-state index in [1.54, 1.807) is 46.2 Å². The smallest absolute Gasteiger partial charge is 0.416 e. The van der Waals surface area contributed by atoms with Crippen LogP contribution >= 0.6 is 0 Å². The van der Waals surface area contributed by atoms with Crippen LogP contribution in [0.5, 0.6) is 17.2 Å². The molecule has 8 rings (SSSR count). The molecule has 3 aliphatic rings. The Morgan fingerprint density at radius 3 is 2.32 bits per heavy atom. The molecule has 3 aromatic carbocycles. The summed E-state index contributed by atoms with van der Waals surface area (Å²) in [5, 5.41) is 6.60. The van der Waals surface area contributed by atoms with Gasteiger partial charge in [0.2, 0.25) is 17.7 Å². The molecule has 1 saturated heterocycles. The maximum absolute atomic E-state index is 13.2. The van der Waals surface area contributed by atoms with Crippen molar-refractivity contribution in [2.24, 2.45) is 0 Å². The number of piperidine rings is 1. The zero-order chi connectivity index (χ0) is 46.4. The maximum Gasteiger partial charge on any atom is 0.416 e. The lowest BCUT2D eigenvalue weighted by Crippen LogP contribution is -2.54. The van der Waals surface area contributed by atoms with E-state index in [4.69, 9.17) is 29.4 Å². The van der Waals surface area contributed by atoms with Crippen LogP contribution in [0.1, 0.15) is 50.2 Å². The van der Waals surface area contributed by atoms with Crippen molar-refractivity contribution in [1.29, 1.82) is 0 Å². The van der Waals surface area contributed by atoms with E-state index in [-0.39, 0.29) is 60.9 Å². The molecule has 20 heteroatoms. The van der Waals surface area contributed by atoms with Gasteiger partial charge >= 0.3 is 6.18 Å². The monoisotopic (exact) mass is 911 g/mol. The zero-order valence-corrected chi connectivity index (χ0v) is 35.4. The minimum absolute atomic E-state index is 0.0412. The highest BCUT2D eigenvalue weighted by Crippen LogP contribution is 2.37. The first kappa shape index (κ1) is 45.4. The van der Waals surface area contributed by atoms with Gasteiger partial charge in [-0.05, 0) is 72.5 Å². The molecule has 1 atom stereocenters. The number of ether oxygens (including phenoxy) is 5. The number of nitrogens with two attached hydrogens (primary N) is 1. The molecule has 5 heterocycles. The van der Waals surface area contributed by atoms with Crippen LogP contribution in [-0.2, 0) is 54.2 Å². The van der Waals surface area contributed by atoms with E-state index in [1.165, 1.54) is 24.3 Å². The number of alkyl halides is 3. The molecule has 0 spiro atoms. The number of nitrogen functional groups attached to an aromatic ring is 1. The van der Waals surface area contributed by atoms with E-state index >= 15 is 0 Å². The molecule has 17 nitrogen and oxygen atoms in total. The van der Waals surface area contributed by atoms with Gasteiger partial charge in [-0.3, -0.25) is 38.9 Å². The van der Waals surface area contributed by atoms with Crippen molar-refractivity contribution >= 4 is 41.0 Å². The summed E-state index contributed by atoms with van der Waals surface area (Å²) >= 11 is 0. The highest BCUT2D eigenvalue weighted by Gasteiger charge is 2.44. The van der Waals surface area contributed by atoms with Gasteiger partial charge in [0.25, 0.3) is 11.8 Å². The molecule has 1 unspecified atom stereocenters. The lowest BCUT2D eigenvalue weighted by Gasteiger charge is -2.27. The Bertz CT molecular complexity index is 2660. The number of nitrogens with one attached hydrogen (secondary N) is 1. The van der Waals surface area contributed by atoms with Crippen molar-refractivity contribution in [3.05, 3.63) is 113 Å². The van der Waals surface area contributed by atoms with Crippen molar-refractivity contribution in [2.75, 3.05) is 63.4 Å². The van der Waals surface area contributed by atoms with E-state index in [2.05, 4.69) is 15.4 Å². The Morgan fingerprint density at radius 2 is 1.55 bits per heavy atom. The fourth-order valence-electron chi connectivity index (χ4n) is 7.74. The number of hydrogen-bond donors (Lipinski definition) is 2. The summed E-state index contributed by atoms with van der Waals surface area (Å²) in [6.07, 6.45) is 1.17. The third-order valence-electron chi connectivity index (χ3n) is 11.0. The zero-order valence-electron chi connectivity index (χ0n) is 35.4. The first-order valence-corrected chi connectivity index (χ1v) is 21.1. The van der Waals surface area contributed by atoms with E-state index in [0.717, 1.165) is 33.7 Å². The van der Waals surface area contributed by atoms with Crippen molar-refractivity contribution in [3.63, 3.8) is 0 Å². The van der Waals surface area contributed by atoms with E-state index < -0.39 is 41.4 Å². The number of benzene rings is 3. The van der Waals surface area contributed by atoms with Crippen LogP contribution < -0.4 is 25.4 Å². The molecule has 5 amide bonds. The number of fused-ring (bicyclic) bond motifs is 2. The van der Waals surface area contributed by atoms with Gasteiger partial charge in [-0.25, -0.2) is 4.98 Å². The van der Waals surface area contributed by atoms with E-state index in [0.29, 0.717) is 75.5 Å². The summed E-state index contributed by atoms with van der Waals surface area (Å²) < 4.78 is 70.0. The lowest BCUT2D eigenvalue weighted by atomic mass is 10.0. The molecule has 1 fully saturated rings. The topological polar surface area (TPSA) is 207 Å². The van der Waals surface area contributed by atoms with Gasteiger partial charge in [0.1, 0.15) is 24.1 Å². The first-order valence-electron chi connectivity index (χ1n) is 21.1. The Hall–Kier alpha value is -7.16. The van der Waals surface area contributed by atoms with Crippen LogP contribution in [-0.4, -0.2) is 108 Å². The van der Waals surface area contributed by atoms with Crippen molar-refractivity contribution in [1.82, 2.24) is 25.0 Å². The minimum atomic E-state index is -4.49. The standard InChI is InChI=1S/C46H44F3N7O10/c47-46(48,49)32-3-1-2-28(20-32)21-41(58)55-11-10-29-22-34(5-7-37(29)55)66-39-23-30(25-51-42(39)50)31-26-52-54(27-31)12-13-62-14-15-63-16-17-64-18-19-65-33-4-6-35-36(24-33)45(61)56(44(35)60)38-8-9-40(57)53-43(38)59/h1-7,20,22-27,38H,8-19,21H2,(H2,50,51)(H,53,57,59).